The monoisotopic (exact) mass is 472 g/mol. The first-order valence-electron chi connectivity index (χ1n) is 14.1. The SMILES string of the molecule is CC(C)N1C(C#CC2CNN(C)C2)C(C2CCC(OC3CCCCC3)CC2)C2C(N)NCNC21. The van der Waals surface area contributed by atoms with Gasteiger partial charge in [-0.05, 0) is 64.2 Å². The van der Waals surface area contributed by atoms with Crippen LogP contribution in [-0.2, 0) is 4.74 Å². The third-order valence-electron chi connectivity index (χ3n) is 9.21. The number of nitrogens with zero attached hydrogens (tertiary/aromatic N) is 2. The van der Waals surface area contributed by atoms with Crippen molar-refractivity contribution in [3.05, 3.63) is 0 Å². The van der Waals surface area contributed by atoms with Crippen molar-refractivity contribution >= 4 is 0 Å². The molecule has 0 aromatic carbocycles. The van der Waals surface area contributed by atoms with Crippen LogP contribution >= 0.6 is 0 Å². The summed E-state index contributed by atoms with van der Waals surface area (Å²) in [5.74, 6) is 9.47. The van der Waals surface area contributed by atoms with Gasteiger partial charge in [0, 0.05) is 44.7 Å². The van der Waals surface area contributed by atoms with Gasteiger partial charge in [-0.3, -0.25) is 21.0 Å². The number of hydrazine groups is 1. The molecule has 5 rings (SSSR count). The van der Waals surface area contributed by atoms with Gasteiger partial charge in [-0.15, -0.1) is 0 Å². The standard InChI is InChI=1S/C27H48N6O/c1-18(2)33-23(14-9-19-15-31-32(3)16-19)24(25-26(28)29-17-30-27(25)33)20-10-12-22(13-11-20)34-21-7-5-4-6-8-21/h18-27,29-31H,4-8,10-13,15-17,28H2,1-3H3. The highest BCUT2D eigenvalue weighted by molar-refractivity contribution is 5.21. The van der Waals surface area contributed by atoms with Crippen molar-refractivity contribution in [1.29, 1.82) is 0 Å². The highest BCUT2D eigenvalue weighted by Gasteiger charge is 2.55. The van der Waals surface area contributed by atoms with Crippen molar-refractivity contribution in [1.82, 2.24) is 26.0 Å². The van der Waals surface area contributed by atoms with E-state index in [0.29, 0.717) is 48.1 Å². The molecule has 0 spiro atoms. The van der Waals surface area contributed by atoms with Crippen molar-refractivity contribution in [3.8, 4) is 11.8 Å². The van der Waals surface area contributed by atoms with E-state index < -0.39 is 0 Å². The van der Waals surface area contributed by atoms with Gasteiger partial charge in [-0.1, -0.05) is 31.1 Å². The van der Waals surface area contributed by atoms with Gasteiger partial charge < -0.3 is 10.5 Å². The molecule has 34 heavy (non-hydrogen) atoms. The average Bonchev–Trinajstić information content (AvgIpc) is 3.40. The van der Waals surface area contributed by atoms with Crippen LogP contribution in [0.25, 0.3) is 0 Å². The van der Waals surface area contributed by atoms with Gasteiger partial charge in [0.2, 0.25) is 0 Å². The van der Waals surface area contributed by atoms with Gasteiger partial charge in [0.15, 0.2) is 0 Å². The molecule has 3 saturated heterocycles. The fraction of sp³-hybridized carbons (Fsp3) is 0.926. The minimum absolute atomic E-state index is 0.0276. The number of ether oxygens (including phenoxy) is 1. The molecule has 0 radical (unpaired) electrons. The van der Waals surface area contributed by atoms with Crippen LogP contribution in [0.2, 0.25) is 0 Å². The van der Waals surface area contributed by atoms with Crippen molar-refractivity contribution < 1.29 is 4.74 Å². The number of hydrogen-bond acceptors (Lipinski definition) is 7. The molecule has 5 N–H and O–H groups in total. The van der Waals surface area contributed by atoms with Gasteiger partial charge >= 0.3 is 0 Å². The Morgan fingerprint density at radius 3 is 2.32 bits per heavy atom. The summed E-state index contributed by atoms with van der Waals surface area (Å²) in [5, 5.41) is 9.45. The molecule has 2 saturated carbocycles. The molecule has 6 atom stereocenters. The molecule has 6 unspecified atom stereocenters. The van der Waals surface area contributed by atoms with E-state index in [1.54, 1.807) is 0 Å². The lowest BCUT2D eigenvalue weighted by molar-refractivity contribution is -0.0565. The van der Waals surface area contributed by atoms with Gasteiger partial charge in [-0.2, -0.15) is 0 Å². The normalized spacial score (nSPS) is 42.5. The second-order valence-electron chi connectivity index (χ2n) is 11.9. The van der Waals surface area contributed by atoms with Crippen molar-refractivity contribution in [2.75, 3.05) is 26.8 Å². The maximum Gasteiger partial charge on any atom is 0.0765 e. The molecular formula is C27H48N6O. The van der Waals surface area contributed by atoms with Crippen LogP contribution in [0.15, 0.2) is 0 Å². The fourth-order valence-corrected chi connectivity index (χ4v) is 7.58. The van der Waals surface area contributed by atoms with Crippen LogP contribution in [-0.4, -0.2) is 73.3 Å². The van der Waals surface area contributed by atoms with E-state index in [2.05, 4.69) is 58.7 Å². The minimum Gasteiger partial charge on any atom is -0.375 e. The van der Waals surface area contributed by atoms with Crippen LogP contribution in [0.1, 0.15) is 71.6 Å². The number of likely N-dealkylation sites (tertiary alicyclic amines) is 1. The van der Waals surface area contributed by atoms with E-state index in [1.807, 2.05) is 0 Å². The third-order valence-corrected chi connectivity index (χ3v) is 9.21. The maximum absolute atomic E-state index is 6.76. The van der Waals surface area contributed by atoms with Crippen LogP contribution < -0.4 is 21.8 Å². The molecule has 7 nitrogen and oxygen atoms in total. The van der Waals surface area contributed by atoms with E-state index in [-0.39, 0.29) is 12.2 Å². The first kappa shape index (κ1) is 25.0. The van der Waals surface area contributed by atoms with Gasteiger partial charge in [0.1, 0.15) is 0 Å². The summed E-state index contributed by atoms with van der Waals surface area (Å²) in [6.45, 7) is 7.38. The van der Waals surface area contributed by atoms with Gasteiger partial charge in [-0.25, -0.2) is 5.01 Å². The van der Waals surface area contributed by atoms with Crippen molar-refractivity contribution in [3.63, 3.8) is 0 Å². The minimum atomic E-state index is 0.0276. The van der Waals surface area contributed by atoms with E-state index in [9.17, 15) is 0 Å². The summed E-state index contributed by atoms with van der Waals surface area (Å²) in [6.07, 6.45) is 12.8. The molecule has 0 amide bonds. The third kappa shape index (κ3) is 5.34. The zero-order chi connectivity index (χ0) is 23.7. The molecule has 0 aromatic heterocycles. The highest BCUT2D eigenvalue weighted by atomic mass is 16.5. The predicted molar refractivity (Wildman–Crippen MR) is 136 cm³/mol. The van der Waals surface area contributed by atoms with Gasteiger partial charge in [0.05, 0.1) is 30.6 Å². The number of hydrogen-bond donors (Lipinski definition) is 4. The molecule has 5 aliphatic rings. The number of nitrogens with one attached hydrogen (secondary N) is 3. The van der Waals surface area contributed by atoms with Crippen LogP contribution in [0.5, 0.6) is 0 Å². The second kappa shape index (κ2) is 11.1. The largest absolute Gasteiger partial charge is 0.375 e. The smallest absolute Gasteiger partial charge is 0.0765 e. The molecule has 2 aliphatic carbocycles. The summed E-state index contributed by atoms with van der Waals surface area (Å²) < 4.78 is 6.58. The molecule has 0 bridgehead atoms. The Bertz CT molecular complexity index is 722. The molecule has 0 aromatic rings. The molecule has 7 heteroatoms. The second-order valence-corrected chi connectivity index (χ2v) is 11.9. The Kier molecular flexibility index (Phi) is 8.17. The van der Waals surface area contributed by atoms with E-state index >= 15 is 0 Å². The average molecular weight is 473 g/mol. The quantitative estimate of drug-likeness (QED) is 0.467. The first-order chi connectivity index (χ1) is 16.5. The van der Waals surface area contributed by atoms with E-state index in [0.717, 1.165) is 19.8 Å². The lowest BCUT2D eigenvalue weighted by Crippen LogP contribution is -2.64. The summed E-state index contributed by atoms with van der Waals surface area (Å²) >= 11 is 0. The molecule has 3 heterocycles. The Morgan fingerprint density at radius 1 is 0.912 bits per heavy atom. The van der Waals surface area contributed by atoms with Crippen LogP contribution in [0, 0.1) is 35.5 Å². The van der Waals surface area contributed by atoms with E-state index in [4.69, 9.17) is 10.5 Å². The summed E-state index contributed by atoms with van der Waals surface area (Å²) in [4.78, 5) is 2.65. The Hall–Kier alpha value is -0.720. The topological polar surface area (TPSA) is 77.8 Å². The van der Waals surface area contributed by atoms with E-state index in [1.165, 1.54) is 57.8 Å². The Morgan fingerprint density at radius 2 is 1.65 bits per heavy atom. The summed E-state index contributed by atoms with van der Waals surface area (Å²) in [5.41, 5.74) is 10.2. The number of nitrogens with two attached hydrogens (primary N) is 1. The molecular weight excluding hydrogens is 424 g/mol. The number of fused-ring (bicyclic) bond motifs is 1. The first-order valence-corrected chi connectivity index (χ1v) is 14.1. The summed E-state index contributed by atoms with van der Waals surface area (Å²) in [7, 11) is 2.11. The Balaban J connectivity index is 1.32. The predicted octanol–water partition coefficient (Wildman–Crippen LogP) is 2.05. The lowest BCUT2D eigenvalue weighted by atomic mass is 9.70. The molecule has 192 valence electrons. The fourth-order valence-electron chi connectivity index (χ4n) is 7.58. The van der Waals surface area contributed by atoms with Gasteiger partial charge in [0.25, 0.3) is 0 Å². The Labute approximate surface area is 207 Å². The molecule has 5 fully saturated rings. The van der Waals surface area contributed by atoms with Crippen molar-refractivity contribution in [2.45, 2.75) is 108 Å². The number of rotatable bonds is 4. The van der Waals surface area contributed by atoms with Crippen molar-refractivity contribution in [2.24, 2.45) is 29.4 Å². The highest BCUT2D eigenvalue weighted by Crippen LogP contribution is 2.47. The summed E-state index contributed by atoms with van der Waals surface area (Å²) in [6, 6.07) is 0.699. The maximum atomic E-state index is 6.76. The van der Waals surface area contributed by atoms with Crippen LogP contribution in [0.3, 0.4) is 0 Å². The van der Waals surface area contributed by atoms with Crippen LogP contribution in [0.4, 0.5) is 0 Å². The molecule has 3 aliphatic heterocycles. The zero-order valence-corrected chi connectivity index (χ0v) is 21.6. The lowest BCUT2D eigenvalue weighted by Gasteiger charge is -2.41. The zero-order valence-electron chi connectivity index (χ0n) is 21.6.